The van der Waals surface area contributed by atoms with Crippen LogP contribution in [0, 0.1) is 0 Å². The third kappa shape index (κ3) is 3.10. The number of sulfonamides is 1. The number of methoxy groups -OCH3 is 1. The molecule has 10 heteroatoms. The van der Waals surface area contributed by atoms with Gasteiger partial charge in [0.05, 0.1) is 19.8 Å². The van der Waals surface area contributed by atoms with E-state index in [9.17, 15) is 13.2 Å². The quantitative estimate of drug-likeness (QED) is 0.744. The Bertz CT molecular complexity index is 1040. The number of benzene rings is 1. The van der Waals surface area contributed by atoms with Crippen LogP contribution < -0.4 is 4.74 Å². The minimum Gasteiger partial charge on any atom is -0.497 e. The van der Waals surface area contributed by atoms with Gasteiger partial charge in [0, 0.05) is 25.8 Å². The van der Waals surface area contributed by atoms with E-state index in [4.69, 9.17) is 9.47 Å². The predicted octanol–water partition coefficient (Wildman–Crippen LogP) is 0.659. The molecule has 2 bridgehead atoms. The first-order valence-electron chi connectivity index (χ1n) is 10.00. The van der Waals surface area contributed by atoms with Crippen LogP contribution >= 0.6 is 0 Å². The van der Waals surface area contributed by atoms with Gasteiger partial charge in [-0.3, -0.25) is 9.89 Å². The Labute approximate surface area is 175 Å². The number of fused-ring (bicyclic) bond motifs is 1. The molecule has 1 N–H and O–H groups in total. The molecule has 3 atom stereocenters. The fraction of sp³-hybridized carbons (Fsp3) is 0.500. The van der Waals surface area contributed by atoms with E-state index >= 15 is 0 Å². The van der Waals surface area contributed by atoms with Crippen molar-refractivity contribution in [2.75, 3.05) is 33.3 Å². The molecular weight excluding hydrogens is 408 g/mol. The van der Waals surface area contributed by atoms with Gasteiger partial charge in [-0.05, 0) is 36.6 Å². The Morgan fingerprint density at radius 3 is 2.80 bits per heavy atom. The van der Waals surface area contributed by atoms with Gasteiger partial charge in [-0.2, -0.15) is 9.40 Å². The molecule has 9 nitrogen and oxygen atoms in total. The molecule has 3 aliphatic rings. The van der Waals surface area contributed by atoms with Crippen LogP contribution in [0.3, 0.4) is 0 Å². The second-order valence-corrected chi connectivity index (χ2v) is 10.3. The van der Waals surface area contributed by atoms with Crippen LogP contribution in [0.5, 0.6) is 5.75 Å². The highest BCUT2D eigenvalue weighted by atomic mass is 32.2. The van der Waals surface area contributed by atoms with E-state index in [-0.39, 0.29) is 25.1 Å². The lowest BCUT2D eigenvalue weighted by atomic mass is 9.99. The zero-order chi connectivity index (χ0) is 20.9. The first kappa shape index (κ1) is 19.5. The number of hydrogen-bond donors (Lipinski definition) is 1. The second kappa shape index (κ2) is 7.07. The fourth-order valence-corrected chi connectivity index (χ4v) is 7.21. The van der Waals surface area contributed by atoms with E-state index in [0.29, 0.717) is 31.6 Å². The molecule has 1 amide bonds. The Morgan fingerprint density at radius 2 is 2.10 bits per heavy atom. The van der Waals surface area contributed by atoms with E-state index in [2.05, 4.69) is 10.2 Å². The molecule has 4 heterocycles. The molecule has 30 heavy (non-hydrogen) atoms. The summed E-state index contributed by atoms with van der Waals surface area (Å²) in [7, 11) is -1.88. The number of carbonyl (C=O) groups is 1. The van der Waals surface area contributed by atoms with Crippen LogP contribution in [0.1, 0.15) is 22.5 Å². The average molecular weight is 433 g/mol. The summed E-state index contributed by atoms with van der Waals surface area (Å²) in [4.78, 5) is 14.5. The lowest BCUT2D eigenvalue weighted by Gasteiger charge is -2.39. The number of nitrogens with zero attached hydrogens (tertiary/aromatic N) is 3. The first-order valence-corrected chi connectivity index (χ1v) is 11.5. The number of rotatable bonds is 5. The third-order valence-corrected chi connectivity index (χ3v) is 8.71. The standard InChI is InChI=1S/C20H24N4O5S/c1-28-15-4-2-14(3-5-15)7-9-24-13-20-12-23(19(25)17-6-8-21-22-17)11-16(29-20)10-18(20)30(24,26)27/h2-6,8,16,18H,7,9-13H2,1H3,(H,21,22)/t16-,18+,20+/m1/s1. The highest BCUT2D eigenvalue weighted by molar-refractivity contribution is 7.90. The van der Waals surface area contributed by atoms with Crippen molar-refractivity contribution < 1.29 is 22.7 Å². The summed E-state index contributed by atoms with van der Waals surface area (Å²) in [5, 5.41) is 5.93. The van der Waals surface area contributed by atoms with E-state index < -0.39 is 20.9 Å². The number of aromatic amines is 1. The summed E-state index contributed by atoms with van der Waals surface area (Å²) in [6.07, 6.45) is 2.30. The number of nitrogens with one attached hydrogen (secondary N) is 1. The van der Waals surface area contributed by atoms with Crippen molar-refractivity contribution in [3.05, 3.63) is 47.8 Å². The summed E-state index contributed by atoms with van der Waals surface area (Å²) in [6, 6.07) is 9.25. The number of aromatic nitrogens is 2. The average Bonchev–Trinajstić information content (AvgIpc) is 3.41. The maximum Gasteiger partial charge on any atom is 0.272 e. The first-order chi connectivity index (χ1) is 14.4. The van der Waals surface area contributed by atoms with Gasteiger partial charge in [-0.15, -0.1) is 0 Å². The van der Waals surface area contributed by atoms with E-state index in [0.717, 1.165) is 11.3 Å². The number of likely N-dealkylation sites (tertiary alicyclic amines) is 1. The minimum atomic E-state index is -3.49. The molecule has 3 aliphatic heterocycles. The molecule has 0 radical (unpaired) electrons. The minimum absolute atomic E-state index is 0.171. The van der Waals surface area contributed by atoms with Gasteiger partial charge in [0.15, 0.2) is 0 Å². The zero-order valence-corrected chi connectivity index (χ0v) is 17.5. The monoisotopic (exact) mass is 432 g/mol. The van der Waals surface area contributed by atoms with Gasteiger partial charge in [0.1, 0.15) is 22.3 Å². The Morgan fingerprint density at radius 1 is 1.30 bits per heavy atom. The lowest BCUT2D eigenvalue weighted by Crippen LogP contribution is -2.56. The molecule has 3 saturated heterocycles. The smallest absolute Gasteiger partial charge is 0.272 e. The van der Waals surface area contributed by atoms with Crippen molar-refractivity contribution >= 4 is 15.9 Å². The van der Waals surface area contributed by atoms with Crippen molar-refractivity contribution in [1.82, 2.24) is 19.4 Å². The van der Waals surface area contributed by atoms with Crippen LogP contribution in [-0.4, -0.2) is 84.0 Å². The SMILES string of the molecule is COc1ccc(CCN2C[C@@]34CN(C(=O)c5ccn[nH]5)C[C@@H](C[C@@H]3S2(=O)=O)O4)cc1. The van der Waals surface area contributed by atoms with Crippen molar-refractivity contribution in [2.45, 2.75) is 29.8 Å². The molecule has 1 spiro atoms. The molecule has 0 unspecified atom stereocenters. The van der Waals surface area contributed by atoms with E-state index in [1.165, 1.54) is 10.5 Å². The number of morpholine rings is 1. The molecule has 3 fully saturated rings. The van der Waals surface area contributed by atoms with Crippen molar-refractivity contribution in [2.24, 2.45) is 0 Å². The van der Waals surface area contributed by atoms with Crippen LogP contribution in [0.15, 0.2) is 36.5 Å². The number of carbonyl (C=O) groups excluding carboxylic acids is 1. The van der Waals surface area contributed by atoms with Gasteiger partial charge >= 0.3 is 0 Å². The summed E-state index contributed by atoms with van der Waals surface area (Å²) in [6.45, 7) is 1.33. The highest BCUT2D eigenvalue weighted by Crippen LogP contribution is 2.46. The van der Waals surface area contributed by atoms with Gasteiger partial charge in [0.2, 0.25) is 10.0 Å². The topological polar surface area (TPSA) is 105 Å². The predicted molar refractivity (Wildman–Crippen MR) is 108 cm³/mol. The zero-order valence-electron chi connectivity index (χ0n) is 16.7. The highest BCUT2D eigenvalue weighted by Gasteiger charge is 2.65. The molecular formula is C20H24N4O5S. The summed E-state index contributed by atoms with van der Waals surface area (Å²) < 4.78 is 39.4. The van der Waals surface area contributed by atoms with Crippen molar-refractivity contribution in [1.29, 1.82) is 0 Å². The number of ether oxygens (including phenoxy) is 2. The fourth-order valence-electron chi connectivity index (χ4n) is 4.90. The van der Waals surface area contributed by atoms with E-state index in [1.807, 2.05) is 24.3 Å². The van der Waals surface area contributed by atoms with Crippen LogP contribution in [-0.2, 0) is 21.2 Å². The molecule has 160 valence electrons. The molecule has 1 aromatic heterocycles. The van der Waals surface area contributed by atoms with Gasteiger partial charge in [0.25, 0.3) is 5.91 Å². The van der Waals surface area contributed by atoms with Crippen LogP contribution in [0.2, 0.25) is 0 Å². The second-order valence-electron chi connectivity index (χ2n) is 8.16. The summed E-state index contributed by atoms with van der Waals surface area (Å²) >= 11 is 0. The molecule has 0 aliphatic carbocycles. The van der Waals surface area contributed by atoms with Crippen LogP contribution in [0.4, 0.5) is 0 Å². The number of hydrogen-bond acceptors (Lipinski definition) is 6. The van der Waals surface area contributed by atoms with Gasteiger partial charge in [-0.25, -0.2) is 8.42 Å². The molecule has 5 rings (SSSR count). The molecule has 2 aromatic rings. The normalized spacial score (nSPS) is 29.7. The Hall–Kier alpha value is -2.43. The van der Waals surface area contributed by atoms with E-state index in [1.54, 1.807) is 18.1 Å². The largest absolute Gasteiger partial charge is 0.497 e. The third-order valence-electron chi connectivity index (χ3n) is 6.34. The maximum atomic E-state index is 13.2. The molecule has 1 aromatic carbocycles. The lowest BCUT2D eigenvalue weighted by molar-refractivity contribution is -0.0977. The number of H-pyrrole nitrogens is 1. The maximum absolute atomic E-state index is 13.2. The summed E-state index contributed by atoms with van der Waals surface area (Å²) in [5.74, 6) is 0.597. The van der Waals surface area contributed by atoms with Crippen molar-refractivity contribution in [3.63, 3.8) is 0 Å². The number of amides is 1. The van der Waals surface area contributed by atoms with Crippen LogP contribution in [0.25, 0.3) is 0 Å². The summed E-state index contributed by atoms with van der Waals surface area (Å²) in [5.41, 5.74) is 0.581. The van der Waals surface area contributed by atoms with Gasteiger partial charge < -0.3 is 14.4 Å². The van der Waals surface area contributed by atoms with Crippen molar-refractivity contribution in [3.8, 4) is 5.75 Å². The Kier molecular flexibility index (Phi) is 4.60. The Balaban J connectivity index is 1.32. The molecule has 0 saturated carbocycles. The van der Waals surface area contributed by atoms with Gasteiger partial charge in [-0.1, -0.05) is 12.1 Å².